The number of carbonyl (C=O) groups is 1. The van der Waals surface area contributed by atoms with Gasteiger partial charge in [-0.05, 0) is 36.1 Å². The number of aromatic amines is 1. The van der Waals surface area contributed by atoms with Gasteiger partial charge in [0, 0.05) is 11.8 Å². The Bertz CT molecular complexity index is 723. The third kappa shape index (κ3) is 2.45. The van der Waals surface area contributed by atoms with Crippen molar-refractivity contribution in [2.24, 2.45) is 0 Å². The molecule has 1 aromatic carbocycles. The van der Waals surface area contributed by atoms with Gasteiger partial charge < -0.3 is 16.0 Å². The molecular formula is C14H14N4O3. The molecule has 108 valence electrons. The molecule has 0 saturated heterocycles. The number of anilines is 1. The molecule has 3 rings (SSSR count). The topological polar surface area (TPSA) is 114 Å². The van der Waals surface area contributed by atoms with E-state index in [1.807, 2.05) is 18.2 Å². The third-order valence-corrected chi connectivity index (χ3v) is 3.67. The molecule has 1 aliphatic rings. The Morgan fingerprint density at radius 2 is 2.24 bits per heavy atom. The first-order valence-electron chi connectivity index (χ1n) is 6.56. The number of amides is 1. The first-order valence-corrected chi connectivity index (χ1v) is 6.56. The lowest BCUT2D eigenvalue weighted by Crippen LogP contribution is -2.27. The summed E-state index contributed by atoms with van der Waals surface area (Å²) >= 11 is 0. The van der Waals surface area contributed by atoms with Crippen molar-refractivity contribution in [2.45, 2.75) is 18.9 Å². The van der Waals surface area contributed by atoms with Gasteiger partial charge in [0.25, 0.3) is 11.6 Å². The van der Waals surface area contributed by atoms with E-state index >= 15 is 0 Å². The van der Waals surface area contributed by atoms with Gasteiger partial charge in [0.05, 0.1) is 17.2 Å². The van der Waals surface area contributed by atoms with Crippen LogP contribution < -0.4 is 11.1 Å². The van der Waals surface area contributed by atoms with E-state index in [1.54, 1.807) is 0 Å². The number of nitrogens with two attached hydrogens (primary N) is 1. The number of hydrogen-bond donors (Lipinski definition) is 3. The molecule has 1 unspecified atom stereocenters. The first-order chi connectivity index (χ1) is 10.0. The minimum absolute atomic E-state index is 0.0875. The third-order valence-electron chi connectivity index (χ3n) is 3.67. The Morgan fingerprint density at radius 3 is 2.95 bits per heavy atom. The van der Waals surface area contributed by atoms with E-state index in [2.05, 4.69) is 10.3 Å². The van der Waals surface area contributed by atoms with E-state index in [4.69, 9.17) is 5.73 Å². The van der Waals surface area contributed by atoms with E-state index in [0.717, 1.165) is 24.0 Å². The lowest BCUT2D eigenvalue weighted by molar-refractivity contribution is -0.384. The highest BCUT2D eigenvalue weighted by atomic mass is 16.6. The van der Waals surface area contributed by atoms with Crippen LogP contribution in [0.15, 0.2) is 30.5 Å². The molecule has 1 heterocycles. The van der Waals surface area contributed by atoms with Crippen LogP contribution in [0.5, 0.6) is 0 Å². The molecule has 0 fully saturated rings. The largest absolute Gasteiger partial charge is 0.399 e. The highest BCUT2D eigenvalue weighted by molar-refractivity contribution is 5.93. The van der Waals surface area contributed by atoms with Crippen LogP contribution in [0.25, 0.3) is 0 Å². The number of aryl methyl sites for hydroxylation is 1. The fourth-order valence-corrected chi connectivity index (χ4v) is 2.64. The SMILES string of the molecule is Nc1ccc2c(c1)CCC2NC(=O)c1cc([N+](=O)[O-])c[nH]1. The van der Waals surface area contributed by atoms with Crippen molar-refractivity contribution >= 4 is 17.3 Å². The summed E-state index contributed by atoms with van der Waals surface area (Å²) in [4.78, 5) is 24.8. The molecule has 1 atom stereocenters. The predicted octanol–water partition coefficient (Wildman–Crippen LogP) is 1.92. The molecule has 7 nitrogen and oxygen atoms in total. The van der Waals surface area contributed by atoms with Crippen molar-refractivity contribution in [3.8, 4) is 0 Å². The zero-order chi connectivity index (χ0) is 15.0. The van der Waals surface area contributed by atoms with Crippen LogP contribution in [0.2, 0.25) is 0 Å². The Morgan fingerprint density at radius 1 is 1.43 bits per heavy atom. The molecule has 1 amide bonds. The van der Waals surface area contributed by atoms with Crippen LogP contribution in [-0.2, 0) is 6.42 Å². The molecule has 0 radical (unpaired) electrons. The van der Waals surface area contributed by atoms with E-state index in [1.165, 1.54) is 12.3 Å². The van der Waals surface area contributed by atoms with Gasteiger partial charge in [-0.15, -0.1) is 0 Å². The summed E-state index contributed by atoms with van der Waals surface area (Å²) < 4.78 is 0. The van der Waals surface area contributed by atoms with Gasteiger partial charge in [-0.3, -0.25) is 14.9 Å². The first kappa shape index (κ1) is 13.2. The van der Waals surface area contributed by atoms with Crippen LogP contribution in [-0.4, -0.2) is 15.8 Å². The number of rotatable bonds is 3. The van der Waals surface area contributed by atoms with Crippen LogP contribution in [0.3, 0.4) is 0 Å². The Labute approximate surface area is 120 Å². The summed E-state index contributed by atoms with van der Waals surface area (Å²) in [5.41, 5.74) is 8.70. The van der Waals surface area contributed by atoms with Gasteiger partial charge in [0.1, 0.15) is 5.69 Å². The van der Waals surface area contributed by atoms with Gasteiger partial charge in [0.15, 0.2) is 0 Å². The molecule has 0 aliphatic heterocycles. The molecular weight excluding hydrogens is 272 g/mol. The second-order valence-electron chi connectivity index (χ2n) is 5.05. The fraction of sp³-hybridized carbons (Fsp3) is 0.214. The lowest BCUT2D eigenvalue weighted by Gasteiger charge is -2.13. The van der Waals surface area contributed by atoms with Crippen LogP contribution in [0.4, 0.5) is 11.4 Å². The number of nitrogens with one attached hydrogen (secondary N) is 2. The fourth-order valence-electron chi connectivity index (χ4n) is 2.64. The summed E-state index contributed by atoms with van der Waals surface area (Å²) in [6, 6.07) is 6.79. The van der Waals surface area contributed by atoms with Crippen molar-refractivity contribution in [3.63, 3.8) is 0 Å². The average Bonchev–Trinajstić information content (AvgIpc) is 3.06. The lowest BCUT2D eigenvalue weighted by atomic mass is 10.1. The van der Waals surface area contributed by atoms with E-state index in [9.17, 15) is 14.9 Å². The molecule has 0 saturated carbocycles. The predicted molar refractivity (Wildman–Crippen MR) is 76.8 cm³/mol. The number of nitrogens with zero attached hydrogens (tertiary/aromatic N) is 1. The van der Waals surface area contributed by atoms with Crippen molar-refractivity contribution in [1.82, 2.24) is 10.3 Å². The molecule has 21 heavy (non-hydrogen) atoms. The Hall–Kier alpha value is -2.83. The highest BCUT2D eigenvalue weighted by Gasteiger charge is 2.25. The number of nitrogen functional groups attached to an aromatic ring is 1. The summed E-state index contributed by atoms with van der Waals surface area (Å²) in [6.45, 7) is 0. The van der Waals surface area contributed by atoms with E-state index in [0.29, 0.717) is 5.69 Å². The Balaban J connectivity index is 1.76. The summed E-state index contributed by atoms with van der Waals surface area (Å²) in [5.74, 6) is -0.349. The van der Waals surface area contributed by atoms with E-state index in [-0.39, 0.29) is 23.3 Å². The minimum atomic E-state index is -0.541. The van der Waals surface area contributed by atoms with Gasteiger partial charge in [-0.25, -0.2) is 0 Å². The molecule has 0 bridgehead atoms. The van der Waals surface area contributed by atoms with Crippen LogP contribution in [0, 0.1) is 10.1 Å². The summed E-state index contributed by atoms with van der Waals surface area (Å²) in [6.07, 6.45) is 2.86. The zero-order valence-corrected chi connectivity index (χ0v) is 11.1. The number of nitro groups is 1. The van der Waals surface area contributed by atoms with E-state index < -0.39 is 4.92 Å². The minimum Gasteiger partial charge on any atom is -0.399 e. The van der Waals surface area contributed by atoms with Crippen molar-refractivity contribution < 1.29 is 9.72 Å². The standard InChI is InChI=1S/C14H14N4O3/c15-9-2-3-11-8(5-9)1-4-12(11)17-14(19)13-6-10(7-16-13)18(20)21/h2-3,5-7,12,16H,1,4,15H2,(H,17,19). The van der Waals surface area contributed by atoms with Gasteiger partial charge in [0.2, 0.25) is 0 Å². The molecule has 0 spiro atoms. The maximum Gasteiger partial charge on any atom is 0.287 e. The number of fused-ring (bicyclic) bond motifs is 1. The van der Waals surface area contributed by atoms with Crippen molar-refractivity contribution in [1.29, 1.82) is 0 Å². The summed E-state index contributed by atoms with van der Waals surface area (Å²) in [5, 5.41) is 13.5. The Kier molecular flexibility index (Phi) is 3.09. The molecule has 1 aliphatic carbocycles. The number of benzene rings is 1. The molecule has 1 aromatic heterocycles. The molecule has 4 N–H and O–H groups in total. The van der Waals surface area contributed by atoms with Crippen molar-refractivity contribution in [3.05, 3.63) is 57.4 Å². The van der Waals surface area contributed by atoms with Gasteiger partial charge >= 0.3 is 0 Å². The van der Waals surface area contributed by atoms with Gasteiger partial charge in [-0.2, -0.15) is 0 Å². The number of carbonyl (C=O) groups excluding carboxylic acids is 1. The highest BCUT2D eigenvalue weighted by Crippen LogP contribution is 2.32. The number of H-pyrrole nitrogens is 1. The second-order valence-corrected chi connectivity index (χ2v) is 5.05. The van der Waals surface area contributed by atoms with Gasteiger partial charge in [-0.1, -0.05) is 6.07 Å². The maximum absolute atomic E-state index is 12.1. The molecule has 2 aromatic rings. The number of hydrogen-bond acceptors (Lipinski definition) is 4. The summed E-state index contributed by atoms with van der Waals surface area (Å²) in [7, 11) is 0. The smallest absolute Gasteiger partial charge is 0.287 e. The monoisotopic (exact) mass is 286 g/mol. The quantitative estimate of drug-likeness (QED) is 0.454. The van der Waals surface area contributed by atoms with Crippen LogP contribution in [0.1, 0.15) is 34.1 Å². The number of aromatic nitrogens is 1. The zero-order valence-electron chi connectivity index (χ0n) is 11.1. The van der Waals surface area contributed by atoms with Crippen molar-refractivity contribution in [2.75, 3.05) is 5.73 Å². The average molecular weight is 286 g/mol. The molecule has 7 heteroatoms. The maximum atomic E-state index is 12.1. The second kappa shape index (κ2) is 4.93. The normalized spacial score (nSPS) is 16.5. The van der Waals surface area contributed by atoms with Crippen LogP contribution >= 0.6 is 0 Å².